The first-order chi connectivity index (χ1) is 12.1. The number of anilines is 1. The molecule has 2 aromatic rings. The minimum atomic E-state index is 0.332. The maximum atomic E-state index is 4.99. The summed E-state index contributed by atoms with van der Waals surface area (Å²) in [4.78, 5) is 11.1. The zero-order chi connectivity index (χ0) is 17.6. The Hall–Kier alpha value is -2.58. The first-order valence-corrected chi connectivity index (χ1v) is 8.71. The number of hydrogen-bond donors (Lipinski definition) is 2. The second kappa shape index (κ2) is 8.00. The Kier molecular flexibility index (Phi) is 5.52. The third-order valence-electron chi connectivity index (χ3n) is 4.11. The number of hydrogen-bond acceptors (Lipinski definition) is 6. The lowest BCUT2D eigenvalue weighted by Gasteiger charge is -2.34. The number of piperidine rings is 1. The molecule has 0 spiro atoms. The monoisotopic (exact) mass is 346 g/mol. The van der Waals surface area contributed by atoms with Crippen molar-refractivity contribution < 1.29 is 4.52 Å². The zero-order valence-electron chi connectivity index (χ0n) is 15.1. The van der Waals surface area contributed by atoms with Crippen molar-refractivity contribution in [3.63, 3.8) is 0 Å². The summed E-state index contributed by atoms with van der Waals surface area (Å²) in [5, 5.41) is 15.0. The summed E-state index contributed by atoms with van der Waals surface area (Å²) in [6.07, 6.45) is 6.22. The Morgan fingerprint density at radius 2 is 2.36 bits per heavy atom. The molecule has 9 heteroatoms. The lowest BCUT2D eigenvalue weighted by atomic mass is 10.1. The topological polar surface area (TPSA) is 96.4 Å². The maximum absolute atomic E-state index is 4.99. The molecule has 1 aliphatic heterocycles. The molecule has 9 nitrogen and oxygen atoms in total. The lowest BCUT2D eigenvalue weighted by Crippen LogP contribution is -2.51. The van der Waals surface area contributed by atoms with Gasteiger partial charge in [0.25, 0.3) is 0 Å². The van der Waals surface area contributed by atoms with Gasteiger partial charge in [-0.15, -0.1) is 0 Å². The molecule has 0 aromatic carbocycles. The molecule has 2 N–H and O–H groups in total. The lowest BCUT2D eigenvalue weighted by molar-refractivity contribution is 0.387. The molecule has 0 saturated carbocycles. The van der Waals surface area contributed by atoms with E-state index >= 15 is 0 Å². The molecule has 25 heavy (non-hydrogen) atoms. The standard InChI is InChI=1S/C16H26N8O/c1-4-17-16(18-9-15-20-12(2)25-22-15)21-13-6-5-7-24(10-13)14-8-19-23(3)11-14/h8,11,13H,4-7,9-10H2,1-3H3,(H2,17,18,21). The fourth-order valence-corrected chi connectivity index (χ4v) is 2.97. The van der Waals surface area contributed by atoms with Crippen molar-refractivity contribution in [2.24, 2.45) is 12.0 Å². The van der Waals surface area contributed by atoms with Gasteiger partial charge in [0, 0.05) is 45.8 Å². The van der Waals surface area contributed by atoms with Crippen LogP contribution >= 0.6 is 0 Å². The van der Waals surface area contributed by atoms with Gasteiger partial charge in [-0.3, -0.25) is 4.68 Å². The maximum Gasteiger partial charge on any atom is 0.223 e. The molecule has 2 aromatic heterocycles. The van der Waals surface area contributed by atoms with E-state index in [0.717, 1.165) is 38.4 Å². The summed E-state index contributed by atoms with van der Waals surface area (Å²) in [5.41, 5.74) is 1.17. The SMILES string of the molecule is CCNC(=NCc1noc(C)n1)NC1CCCN(c2cnn(C)c2)C1. The van der Waals surface area contributed by atoms with Gasteiger partial charge in [0.1, 0.15) is 6.54 Å². The van der Waals surface area contributed by atoms with E-state index in [1.54, 1.807) is 6.92 Å². The Balaban J connectivity index is 1.60. The quantitative estimate of drug-likeness (QED) is 0.611. The molecule has 0 radical (unpaired) electrons. The molecule has 0 bridgehead atoms. The molecule has 136 valence electrons. The van der Waals surface area contributed by atoms with E-state index in [4.69, 9.17) is 4.52 Å². The van der Waals surface area contributed by atoms with Gasteiger partial charge in [0.15, 0.2) is 11.8 Å². The predicted molar refractivity (Wildman–Crippen MR) is 95.4 cm³/mol. The van der Waals surface area contributed by atoms with Gasteiger partial charge >= 0.3 is 0 Å². The average Bonchev–Trinajstić information content (AvgIpc) is 3.21. The molecule has 1 unspecified atom stereocenters. The third kappa shape index (κ3) is 4.71. The van der Waals surface area contributed by atoms with Gasteiger partial charge in [-0.25, -0.2) is 4.99 Å². The zero-order valence-corrected chi connectivity index (χ0v) is 15.1. The van der Waals surface area contributed by atoms with Crippen LogP contribution in [0, 0.1) is 6.92 Å². The number of aliphatic imine (C=N–C) groups is 1. The number of nitrogens with zero attached hydrogens (tertiary/aromatic N) is 6. The molecule has 3 rings (SSSR count). The molecular weight excluding hydrogens is 320 g/mol. The van der Waals surface area contributed by atoms with E-state index in [2.05, 4.69) is 48.9 Å². The van der Waals surface area contributed by atoms with E-state index in [1.807, 2.05) is 17.9 Å². The second-order valence-corrected chi connectivity index (χ2v) is 6.23. The van der Waals surface area contributed by atoms with E-state index in [1.165, 1.54) is 5.69 Å². The average molecular weight is 346 g/mol. The Morgan fingerprint density at radius 3 is 3.04 bits per heavy atom. The van der Waals surface area contributed by atoms with Crippen LogP contribution in [0.15, 0.2) is 21.9 Å². The summed E-state index contributed by atoms with van der Waals surface area (Å²) in [7, 11) is 1.94. The summed E-state index contributed by atoms with van der Waals surface area (Å²) >= 11 is 0. The molecule has 1 saturated heterocycles. The highest BCUT2D eigenvalue weighted by molar-refractivity contribution is 5.80. The van der Waals surface area contributed by atoms with E-state index in [-0.39, 0.29) is 0 Å². The minimum absolute atomic E-state index is 0.332. The van der Waals surface area contributed by atoms with E-state index < -0.39 is 0 Å². The molecule has 3 heterocycles. The van der Waals surface area contributed by atoms with Gasteiger partial charge < -0.3 is 20.1 Å². The molecule has 0 aliphatic carbocycles. The highest BCUT2D eigenvalue weighted by Crippen LogP contribution is 2.18. The predicted octanol–water partition coefficient (Wildman–Crippen LogP) is 0.836. The number of guanidine groups is 1. The van der Waals surface area contributed by atoms with Crippen molar-refractivity contribution >= 4 is 11.6 Å². The summed E-state index contributed by atoms with van der Waals surface area (Å²) in [5.74, 6) is 1.93. The van der Waals surface area contributed by atoms with Crippen LogP contribution in [-0.2, 0) is 13.6 Å². The van der Waals surface area contributed by atoms with Gasteiger partial charge in [-0.05, 0) is 19.8 Å². The van der Waals surface area contributed by atoms with Crippen molar-refractivity contribution in [2.75, 3.05) is 24.5 Å². The fourth-order valence-electron chi connectivity index (χ4n) is 2.97. The number of aromatic nitrogens is 4. The highest BCUT2D eigenvalue weighted by Gasteiger charge is 2.21. The van der Waals surface area contributed by atoms with Crippen LogP contribution in [0.25, 0.3) is 0 Å². The number of aryl methyl sites for hydroxylation is 2. The van der Waals surface area contributed by atoms with Crippen LogP contribution < -0.4 is 15.5 Å². The molecular formula is C16H26N8O. The Bertz CT molecular complexity index is 707. The number of nitrogens with one attached hydrogen (secondary N) is 2. The largest absolute Gasteiger partial charge is 0.367 e. The van der Waals surface area contributed by atoms with Crippen LogP contribution in [0.2, 0.25) is 0 Å². The first-order valence-electron chi connectivity index (χ1n) is 8.71. The normalized spacial score (nSPS) is 18.4. The summed E-state index contributed by atoms with van der Waals surface area (Å²) in [6.45, 7) is 7.01. The van der Waals surface area contributed by atoms with E-state index in [0.29, 0.717) is 24.3 Å². The third-order valence-corrected chi connectivity index (χ3v) is 4.11. The van der Waals surface area contributed by atoms with Crippen LogP contribution in [0.5, 0.6) is 0 Å². The van der Waals surface area contributed by atoms with Gasteiger partial charge in [-0.2, -0.15) is 10.1 Å². The van der Waals surface area contributed by atoms with Crippen molar-refractivity contribution in [1.82, 2.24) is 30.6 Å². The molecule has 1 fully saturated rings. The van der Waals surface area contributed by atoms with Gasteiger partial charge in [0.05, 0.1) is 11.9 Å². The minimum Gasteiger partial charge on any atom is -0.367 e. The van der Waals surface area contributed by atoms with Crippen LogP contribution in [-0.4, -0.2) is 51.6 Å². The molecule has 1 atom stereocenters. The highest BCUT2D eigenvalue weighted by atomic mass is 16.5. The Labute approximate surface area is 147 Å². The summed E-state index contributed by atoms with van der Waals surface area (Å²) < 4.78 is 6.82. The molecule has 0 amide bonds. The van der Waals surface area contributed by atoms with Crippen LogP contribution in [0.4, 0.5) is 5.69 Å². The van der Waals surface area contributed by atoms with Crippen LogP contribution in [0.1, 0.15) is 31.5 Å². The van der Waals surface area contributed by atoms with Crippen molar-refractivity contribution in [2.45, 2.75) is 39.3 Å². The van der Waals surface area contributed by atoms with Crippen LogP contribution in [0.3, 0.4) is 0 Å². The van der Waals surface area contributed by atoms with Crippen molar-refractivity contribution in [3.05, 3.63) is 24.1 Å². The smallest absolute Gasteiger partial charge is 0.223 e. The fraction of sp³-hybridized carbons (Fsp3) is 0.625. The molecule has 1 aliphatic rings. The number of rotatable bonds is 5. The second-order valence-electron chi connectivity index (χ2n) is 6.23. The Morgan fingerprint density at radius 1 is 1.48 bits per heavy atom. The van der Waals surface area contributed by atoms with Gasteiger partial charge in [0.2, 0.25) is 5.89 Å². The van der Waals surface area contributed by atoms with E-state index in [9.17, 15) is 0 Å². The van der Waals surface area contributed by atoms with Crippen molar-refractivity contribution in [1.29, 1.82) is 0 Å². The van der Waals surface area contributed by atoms with Gasteiger partial charge in [-0.1, -0.05) is 5.16 Å². The summed E-state index contributed by atoms with van der Waals surface area (Å²) in [6, 6.07) is 0.332. The first kappa shape index (κ1) is 17.2. The van der Waals surface area contributed by atoms with Crippen molar-refractivity contribution in [3.8, 4) is 0 Å².